The molecule has 0 radical (unpaired) electrons. The number of nitrogen functional groups attached to an aromatic ring is 1. The van der Waals surface area contributed by atoms with Gasteiger partial charge in [-0.25, -0.2) is 4.98 Å². The Morgan fingerprint density at radius 1 is 1.52 bits per heavy atom. The van der Waals surface area contributed by atoms with Crippen molar-refractivity contribution in [1.82, 2.24) is 10.3 Å². The summed E-state index contributed by atoms with van der Waals surface area (Å²) >= 11 is 1.31. The van der Waals surface area contributed by atoms with Crippen molar-refractivity contribution in [3.8, 4) is 0 Å². The molecule has 2 heterocycles. The minimum Gasteiger partial charge on any atom is -0.397 e. The molecular weight excluding hydrogens is 286 g/mol. The lowest BCUT2D eigenvalue weighted by molar-refractivity contribution is 0.0947. The van der Waals surface area contributed by atoms with Gasteiger partial charge in [0.05, 0.1) is 11.8 Å². The molecule has 1 amide bonds. The van der Waals surface area contributed by atoms with Gasteiger partial charge in [-0.1, -0.05) is 6.92 Å². The van der Waals surface area contributed by atoms with Crippen LogP contribution in [0.25, 0.3) is 10.2 Å². The molecule has 0 aliphatic heterocycles. The average molecular weight is 307 g/mol. The number of aromatic nitrogens is 1. The summed E-state index contributed by atoms with van der Waals surface area (Å²) in [5.74, 6) is -0.198. The van der Waals surface area contributed by atoms with Crippen LogP contribution in [0, 0.1) is 13.8 Å². The van der Waals surface area contributed by atoms with E-state index in [0.717, 1.165) is 21.5 Å². The molecule has 4 N–H and O–H groups in total. The Morgan fingerprint density at radius 2 is 2.24 bits per heavy atom. The van der Waals surface area contributed by atoms with Crippen molar-refractivity contribution in [2.24, 2.45) is 0 Å². The molecule has 2 aromatic heterocycles. The number of fused-ring (bicyclic) bond motifs is 1. The normalized spacial score (nSPS) is 12.6. The molecule has 0 fully saturated rings. The molecule has 0 aliphatic carbocycles. The van der Waals surface area contributed by atoms with E-state index < -0.39 is 0 Å². The number of aliphatic hydroxyl groups excluding tert-OH is 1. The van der Waals surface area contributed by atoms with E-state index in [1.807, 2.05) is 26.8 Å². The van der Waals surface area contributed by atoms with E-state index >= 15 is 0 Å². The number of nitrogens with two attached hydrogens (primary N) is 1. The molecule has 0 spiro atoms. The van der Waals surface area contributed by atoms with Crippen LogP contribution in [0.15, 0.2) is 6.07 Å². The fourth-order valence-electron chi connectivity index (χ4n) is 2.27. The molecule has 0 saturated heterocycles. The van der Waals surface area contributed by atoms with Gasteiger partial charge in [-0.3, -0.25) is 4.79 Å². The third-order valence-electron chi connectivity index (χ3n) is 3.46. The number of hydrogen-bond donors (Lipinski definition) is 3. The molecule has 1 unspecified atom stereocenters. The third kappa shape index (κ3) is 3.33. The van der Waals surface area contributed by atoms with Gasteiger partial charge in [0.1, 0.15) is 9.71 Å². The van der Waals surface area contributed by atoms with Crippen LogP contribution < -0.4 is 11.1 Å². The van der Waals surface area contributed by atoms with E-state index in [0.29, 0.717) is 30.0 Å². The summed E-state index contributed by atoms with van der Waals surface area (Å²) < 4.78 is 0. The van der Waals surface area contributed by atoms with E-state index in [1.165, 1.54) is 11.3 Å². The summed E-state index contributed by atoms with van der Waals surface area (Å²) in [6, 6.07) is 1.96. The van der Waals surface area contributed by atoms with Gasteiger partial charge in [0.2, 0.25) is 0 Å². The first-order valence-corrected chi connectivity index (χ1v) is 7.88. The zero-order valence-corrected chi connectivity index (χ0v) is 13.4. The van der Waals surface area contributed by atoms with Gasteiger partial charge in [-0.05, 0) is 38.3 Å². The van der Waals surface area contributed by atoms with Gasteiger partial charge in [0.25, 0.3) is 5.91 Å². The maximum absolute atomic E-state index is 12.2. The summed E-state index contributed by atoms with van der Waals surface area (Å²) in [4.78, 5) is 17.9. The Bertz CT molecular complexity index is 666. The van der Waals surface area contributed by atoms with Gasteiger partial charge < -0.3 is 16.2 Å². The van der Waals surface area contributed by atoms with E-state index in [2.05, 4.69) is 10.3 Å². The van der Waals surface area contributed by atoms with Crippen LogP contribution in [-0.4, -0.2) is 28.6 Å². The van der Waals surface area contributed by atoms with Crippen molar-refractivity contribution in [2.45, 2.75) is 39.7 Å². The van der Waals surface area contributed by atoms with E-state index in [1.54, 1.807) is 0 Å². The molecule has 0 bridgehead atoms. The molecule has 6 heteroatoms. The van der Waals surface area contributed by atoms with E-state index in [4.69, 9.17) is 5.73 Å². The number of carbonyl (C=O) groups is 1. The molecule has 2 aromatic rings. The second kappa shape index (κ2) is 6.41. The van der Waals surface area contributed by atoms with Crippen molar-refractivity contribution >= 4 is 33.1 Å². The zero-order valence-electron chi connectivity index (χ0n) is 12.6. The molecule has 0 saturated carbocycles. The lowest BCUT2D eigenvalue weighted by Crippen LogP contribution is -2.26. The predicted molar refractivity (Wildman–Crippen MR) is 86.8 cm³/mol. The Balaban J connectivity index is 2.20. The van der Waals surface area contributed by atoms with Crippen molar-refractivity contribution in [2.75, 3.05) is 12.3 Å². The molecule has 1 atom stereocenters. The molecule has 21 heavy (non-hydrogen) atoms. The van der Waals surface area contributed by atoms with Crippen LogP contribution in [-0.2, 0) is 0 Å². The number of aryl methyl sites for hydroxylation is 2. The highest BCUT2D eigenvalue weighted by molar-refractivity contribution is 7.21. The Kier molecular flexibility index (Phi) is 4.80. The topological polar surface area (TPSA) is 88.2 Å². The highest BCUT2D eigenvalue weighted by Crippen LogP contribution is 2.34. The maximum Gasteiger partial charge on any atom is 0.263 e. The monoisotopic (exact) mass is 307 g/mol. The van der Waals surface area contributed by atoms with Crippen LogP contribution >= 0.6 is 11.3 Å². The van der Waals surface area contributed by atoms with Crippen LogP contribution in [0.3, 0.4) is 0 Å². The zero-order chi connectivity index (χ0) is 15.6. The van der Waals surface area contributed by atoms with Crippen molar-refractivity contribution in [3.05, 3.63) is 22.2 Å². The molecule has 0 aromatic carbocycles. The first-order chi connectivity index (χ1) is 9.93. The van der Waals surface area contributed by atoms with Gasteiger partial charge in [-0.2, -0.15) is 0 Å². The summed E-state index contributed by atoms with van der Waals surface area (Å²) in [7, 11) is 0. The largest absolute Gasteiger partial charge is 0.397 e. The Morgan fingerprint density at radius 3 is 2.90 bits per heavy atom. The summed E-state index contributed by atoms with van der Waals surface area (Å²) in [5.41, 5.74) is 8.55. The number of nitrogens with one attached hydrogen (secondary N) is 1. The third-order valence-corrected chi connectivity index (χ3v) is 4.56. The first kappa shape index (κ1) is 15.7. The van der Waals surface area contributed by atoms with Gasteiger partial charge >= 0.3 is 0 Å². The van der Waals surface area contributed by atoms with Crippen LogP contribution in [0.2, 0.25) is 0 Å². The predicted octanol–water partition coefficient (Wildman–Crippen LogP) is 2.39. The van der Waals surface area contributed by atoms with E-state index in [-0.39, 0.29) is 12.0 Å². The maximum atomic E-state index is 12.2. The Labute approximate surface area is 128 Å². The van der Waals surface area contributed by atoms with E-state index in [9.17, 15) is 9.90 Å². The number of hydrogen-bond acceptors (Lipinski definition) is 5. The number of aliphatic hydroxyl groups is 1. The number of amides is 1. The number of carbonyl (C=O) groups excluding carboxylic acids is 1. The van der Waals surface area contributed by atoms with Crippen LogP contribution in [0.5, 0.6) is 0 Å². The minimum absolute atomic E-state index is 0.198. The van der Waals surface area contributed by atoms with Crippen molar-refractivity contribution in [3.63, 3.8) is 0 Å². The van der Waals surface area contributed by atoms with Crippen LogP contribution in [0.1, 0.15) is 40.7 Å². The summed E-state index contributed by atoms with van der Waals surface area (Å²) in [6.45, 7) is 6.24. The summed E-state index contributed by atoms with van der Waals surface area (Å²) in [6.07, 6.45) is 0.851. The number of rotatable bonds is 5. The lowest BCUT2D eigenvalue weighted by atomic mass is 10.1. The summed E-state index contributed by atoms with van der Waals surface area (Å²) in [5, 5.41) is 13.2. The molecule has 114 valence electrons. The highest BCUT2D eigenvalue weighted by Gasteiger charge is 2.18. The smallest absolute Gasteiger partial charge is 0.263 e. The van der Waals surface area contributed by atoms with Gasteiger partial charge in [0.15, 0.2) is 0 Å². The van der Waals surface area contributed by atoms with Crippen molar-refractivity contribution < 1.29 is 9.90 Å². The highest BCUT2D eigenvalue weighted by atomic mass is 32.1. The molecular formula is C15H21N3O2S. The second-order valence-electron chi connectivity index (χ2n) is 5.21. The SMILES string of the molecule is CCC(O)CCNC(=O)c1sc2nc(C)cc(C)c2c1N. The quantitative estimate of drug-likeness (QED) is 0.791. The van der Waals surface area contributed by atoms with Crippen LogP contribution in [0.4, 0.5) is 5.69 Å². The standard InChI is InChI=1S/C15H21N3O2S/c1-4-10(19)5-6-17-14(20)13-12(16)11-8(2)7-9(3)18-15(11)21-13/h7,10,19H,4-6,16H2,1-3H3,(H,17,20). The number of nitrogens with zero attached hydrogens (tertiary/aromatic N) is 1. The number of thiophene rings is 1. The van der Waals surface area contributed by atoms with Crippen molar-refractivity contribution in [1.29, 1.82) is 0 Å². The first-order valence-electron chi connectivity index (χ1n) is 7.06. The fraction of sp³-hybridized carbons (Fsp3) is 0.467. The Hall–Kier alpha value is -1.66. The number of anilines is 1. The second-order valence-corrected chi connectivity index (χ2v) is 6.21. The van der Waals surface area contributed by atoms with Gasteiger partial charge in [-0.15, -0.1) is 11.3 Å². The lowest BCUT2D eigenvalue weighted by Gasteiger charge is -2.08. The molecule has 5 nitrogen and oxygen atoms in total. The van der Waals surface area contributed by atoms with Gasteiger partial charge in [0, 0.05) is 17.6 Å². The molecule has 2 rings (SSSR count). The fourth-order valence-corrected chi connectivity index (χ4v) is 3.41. The molecule has 0 aliphatic rings. The minimum atomic E-state index is -0.378. The number of pyridine rings is 1. The average Bonchev–Trinajstić information content (AvgIpc) is 2.75.